The summed E-state index contributed by atoms with van der Waals surface area (Å²) in [5, 5.41) is 27.1. The summed E-state index contributed by atoms with van der Waals surface area (Å²) in [6.45, 7) is 19.2. The summed E-state index contributed by atoms with van der Waals surface area (Å²) in [5.41, 5.74) is 5.68. The van der Waals surface area contributed by atoms with E-state index in [0.29, 0.717) is 24.2 Å². The van der Waals surface area contributed by atoms with Gasteiger partial charge in [-0.25, -0.2) is 4.98 Å². The molecule has 2 heterocycles. The first-order valence-corrected chi connectivity index (χ1v) is 21.3. The predicted molar refractivity (Wildman–Crippen MR) is 204 cm³/mol. The first kappa shape index (κ1) is 38.7. The number of aliphatic hydroxyl groups excluding tert-OH is 1. The highest BCUT2D eigenvalue weighted by Crippen LogP contribution is 2.76. The number of anilines is 1. The number of rotatable bonds is 13. The van der Waals surface area contributed by atoms with Crippen LogP contribution in [0.1, 0.15) is 169 Å². The SMILES string of the molecule is CC(C)(O)[C@H]1CC[C@@](C)([C@H]2CC[C@]3(C)[C@@H]2[C@H](O)C[C@@H]2[C@@]4(C)Cc5sc(NC(=O)CCCCCCCCCCN)nc5C(C)(C)[C@@H]4CC[C@]23C)O1. The van der Waals surface area contributed by atoms with Crippen molar-refractivity contribution in [1.82, 2.24) is 4.98 Å². The third kappa shape index (κ3) is 6.55. The molecular weight excluding hydrogens is 643 g/mol. The Kier molecular flexibility index (Phi) is 10.8. The smallest absolute Gasteiger partial charge is 0.226 e. The van der Waals surface area contributed by atoms with E-state index in [1.165, 1.54) is 55.5 Å². The van der Waals surface area contributed by atoms with E-state index < -0.39 is 5.60 Å². The van der Waals surface area contributed by atoms with Gasteiger partial charge in [0, 0.05) is 16.7 Å². The highest BCUT2D eigenvalue weighted by Gasteiger charge is 2.72. The standard InChI is InChI=1S/C42H71N3O4S/c1-37(2)30-19-22-40(6)31(25-28(46)34-27(18-21-41(34,40)7)42(8)23-20-32(49-42)38(3,4)48)39(30,5)26-29-35(37)45-36(50-29)44-33(47)17-15-13-11-9-10-12-14-16-24-43/h27-28,30-32,34,46,48H,9-26,43H2,1-8H3,(H,44,45,47)/t27-,28+,30-,31+,32+,34-,39-,40+,41+,42-/m0/s1. The molecule has 1 aliphatic heterocycles. The molecule has 3 saturated carbocycles. The van der Waals surface area contributed by atoms with Crippen molar-refractivity contribution < 1.29 is 19.7 Å². The quantitative estimate of drug-likeness (QED) is 0.152. The zero-order valence-corrected chi connectivity index (χ0v) is 33.7. The van der Waals surface area contributed by atoms with Crippen LogP contribution in [0.25, 0.3) is 0 Å². The van der Waals surface area contributed by atoms with Crippen molar-refractivity contribution in [3.8, 4) is 0 Å². The van der Waals surface area contributed by atoms with E-state index in [9.17, 15) is 15.0 Å². The van der Waals surface area contributed by atoms with E-state index in [1.807, 2.05) is 13.8 Å². The van der Waals surface area contributed by atoms with Crippen LogP contribution in [-0.2, 0) is 21.4 Å². The minimum atomic E-state index is -0.856. The molecule has 1 aromatic heterocycles. The number of ether oxygens (including phenoxy) is 1. The number of carbonyl (C=O) groups is 1. The third-order valence-corrected chi connectivity index (χ3v) is 16.8. The van der Waals surface area contributed by atoms with E-state index in [0.717, 1.165) is 69.5 Å². The molecule has 5 N–H and O–H groups in total. The second-order valence-corrected chi connectivity index (χ2v) is 20.8. The minimum Gasteiger partial charge on any atom is -0.393 e. The van der Waals surface area contributed by atoms with E-state index in [2.05, 4.69) is 46.9 Å². The fourth-order valence-corrected chi connectivity index (χ4v) is 14.4. The van der Waals surface area contributed by atoms with E-state index in [1.54, 1.807) is 11.3 Å². The van der Waals surface area contributed by atoms with Gasteiger partial charge in [0.25, 0.3) is 0 Å². The molecule has 0 unspecified atom stereocenters. The highest BCUT2D eigenvalue weighted by molar-refractivity contribution is 7.15. The lowest BCUT2D eigenvalue weighted by Gasteiger charge is -2.69. The van der Waals surface area contributed by atoms with Crippen LogP contribution in [0.5, 0.6) is 0 Å². The summed E-state index contributed by atoms with van der Waals surface area (Å²) in [6.07, 6.45) is 17.6. The molecule has 0 aromatic carbocycles. The second kappa shape index (κ2) is 14.0. The molecule has 8 heteroatoms. The number of amides is 1. The zero-order chi connectivity index (χ0) is 36.3. The van der Waals surface area contributed by atoms with Crippen molar-refractivity contribution in [1.29, 1.82) is 0 Å². The Balaban J connectivity index is 1.15. The van der Waals surface area contributed by atoms with Gasteiger partial charge in [-0.1, -0.05) is 73.1 Å². The Hall–Kier alpha value is -1.06. The normalized spacial score (nSPS) is 40.5. The topological polar surface area (TPSA) is 118 Å². The van der Waals surface area contributed by atoms with Crippen LogP contribution in [0.15, 0.2) is 0 Å². The van der Waals surface area contributed by atoms with Crippen molar-refractivity contribution in [3.63, 3.8) is 0 Å². The van der Waals surface area contributed by atoms with Gasteiger partial charge in [0.1, 0.15) is 0 Å². The molecule has 4 aliphatic carbocycles. The molecule has 10 atom stereocenters. The number of nitrogens with zero attached hydrogens (tertiary/aromatic N) is 1. The molecule has 50 heavy (non-hydrogen) atoms. The summed E-state index contributed by atoms with van der Waals surface area (Å²) in [4.78, 5) is 19.5. The number of nitrogens with one attached hydrogen (secondary N) is 1. The lowest BCUT2D eigenvalue weighted by atomic mass is 9.35. The lowest BCUT2D eigenvalue weighted by Crippen LogP contribution is -2.66. The van der Waals surface area contributed by atoms with Gasteiger partial charge in [0.2, 0.25) is 5.91 Å². The number of aliphatic hydroxyl groups is 2. The number of unbranched alkanes of at least 4 members (excludes halogenated alkanes) is 7. The summed E-state index contributed by atoms with van der Waals surface area (Å²) in [6, 6.07) is 0. The first-order valence-electron chi connectivity index (χ1n) is 20.5. The van der Waals surface area contributed by atoms with Gasteiger partial charge >= 0.3 is 0 Å². The predicted octanol–water partition coefficient (Wildman–Crippen LogP) is 8.93. The Bertz CT molecular complexity index is 1370. The maximum atomic E-state index is 13.0. The van der Waals surface area contributed by atoms with Crippen LogP contribution in [-0.4, -0.2) is 51.1 Å². The number of aromatic nitrogens is 1. The maximum Gasteiger partial charge on any atom is 0.226 e. The number of hydrogen-bond donors (Lipinski definition) is 4. The van der Waals surface area contributed by atoms with Crippen molar-refractivity contribution in [2.45, 2.75) is 193 Å². The first-order chi connectivity index (χ1) is 23.4. The highest BCUT2D eigenvalue weighted by atomic mass is 32.1. The molecule has 0 radical (unpaired) electrons. The Morgan fingerprint density at radius 3 is 2.20 bits per heavy atom. The molecule has 1 saturated heterocycles. The van der Waals surface area contributed by atoms with Crippen LogP contribution in [0, 0.1) is 39.9 Å². The van der Waals surface area contributed by atoms with E-state index >= 15 is 0 Å². The van der Waals surface area contributed by atoms with Crippen LogP contribution >= 0.6 is 11.3 Å². The van der Waals surface area contributed by atoms with E-state index in [4.69, 9.17) is 15.5 Å². The molecule has 4 fully saturated rings. The number of hydrogen-bond acceptors (Lipinski definition) is 7. The summed E-state index contributed by atoms with van der Waals surface area (Å²) < 4.78 is 6.76. The van der Waals surface area contributed by atoms with Gasteiger partial charge in [-0.15, -0.1) is 11.3 Å². The average molecular weight is 714 g/mol. The molecule has 1 aromatic rings. The number of fused-ring (bicyclic) bond motifs is 6. The molecule has 1 amide bonds. The molecule has 7 nitrogen and oxygen atoms in total. The number of thiazole rings is 1. The number of nitrogens with two attached hydrogens (primary N) is 1. The largest absolute Gasteiger partial charge is 0.393 e. The average Bonchev–Trinajstić information content (AvgIpc) is 3.74. The fourth-order valence-electron chi connectivity index (χ4n) is 13.1. The van der Waals surface area contributed by atoms with Crippen LogP contribution in [0.2, 0.25) is 0 Å². The van der Waals surface area contributed by atoms with Crippen molar-refractivity contribution in [3.05, 3.63) is 10.6 Å². The molecule has 0 bridgehead atoms. The summed E-state index contributed by atoms with van der Waals surface area (Å²) in [5.74, 6) is 1.46. The molecule has 284 valence electrons. The summed E-state index contributed by atoms with van der Waals surface area (Å²) in [7, 11) is 0. The summed E-state index contributed by atoms with van der Waals surface area (Å²) >= 11 is 1.70. The van der Waals surface area contributed by atoms with Gasteiger partial charge in [0.15, 0.2) is 5.13 Å². The number of carbonyl (C=O) groups excluding carboxylic acids is 1. The maximum absolute atomic E-state index is 13.0. The molecule has 0 spiro atoms. The molecule has 5 aliphatic rings. The monoisotopic (exact) mass is 714 g/mol. The molecule has 6 rings (SSSR count). The van der Waals surface area contributed by atoms with Crippen molar-refractivity contribution in [2.75, 3.05) is 11.9 Å². The Morgan fingerprint density at radius 2 is 1.56 bits per heavy atom. The van der Waals surface area contributed by atoms with Gasteiger partial charge in [-0.05, 0) is 131 Å². The van der Waals surface area contributed by atoms with Crippen molar-refractivity contribution >= 4 is 22.4 Å². The Labute approximate surface area is 307 Å². The van der Waals surface area contributed by atoms with Gasteiger partial charge in [-0.3, -0.25) is 4.79 Å². The zero-order valence-electron chi connectivity index (χ0n) is 32.8. The third-order valence-electron chi connectivity index (χ3n) is 15.9. The second-order valence-electron chi connectivity index (χ2n) is 19.7. The lowest BCUT2D eigenvalue weighted by molar-refractivity contribution is -0.227. The van der Waals surface area contributed by atoms with Crippen LogP contribution in [0.3, 0.4) is 0 Å². The molecular formula is C42H71N3O4S. The Morgan fingerprint density at radius 1 is 0.920 bits per heavy atom. The van der Waals surface area contributed by atoms with Crippen LogP contribution < -0.4 is 11.1 Å². The minimum absolute atomic E-state index is 0.0227. The fraction of sp³-hybridized carbons (Fsp3) is 0.905. The van der Waals surface area contributed by atoms with Crippen LogP contribution in [0.4, 0.5) is 5.13 Å². The van der Waals surface area contributed by atoms with Gasteiger partial charge in [0.05, 0.1) is 29.1 Å². The van der Waals surface area contributed by atoms with Gasteiger partial charge < -0.3 is 26.0 Å². The van der Waals surface area contributed by atoms with E-state index in [-0.39, 0.29) is 51.3 Å². The van der Waals surface area contributed by atoms with Gasteiger partial charge in [-0.2, -0.15) is 0 Å². The van der Waals surface area contributed by atoms with Crippen molar-refractivity contribution in [2.24, 2.45) is 45.7 Å².